The molecule has 2 fully saturated rings. The van der Waals surface area contributed by atoms with Crippen molar-refractivity contribution in [1.82, 2.24) is 4.90 Å². The topological polar surface area (TPSA) is 46.6 Å². The molecule has 0 aromatic carbocycles. The first kappa shape index (κ1) is 13.4. The van der Waals surface area contributed by atoms with Crippen molar-refractivity contribution in [3.8, 4) is 0 Å². The molecule has 1 atom stereocenters. The Morgan fingerprint density at radius 2 is 1.94 bits per heavy atom. The minimum atomic E-state index is -0.320. The predicted molar refractivity (Wildman–Crippen MR) is 67.9 cm³/mol. The van der Waals surface area contributed by atoms with Gasteiger partial charge in [0.2, 0.25) is 5.91 Å². The molecule has 0 aromatic rings. The number of amides is 1. The zero-order chi connectivity index (χ0) is 13.0. The highest BCUT2D eigenvalue weighted by atomic mass is 16.5. The molecule has 4 heteroatoms. The zero-order valence-electron chi connectivity index (χ0n) is 11.2. The van der Waals surface area contributed by atoms with E-state index in [0.29, 0.717) is 12.3 Å². The van der Waals surface area contributed by atoms with Crippen LogP contribution < -0.4 is 0 Å². The van der Waals surface area contributed by atoms with Gasteiger partial charge < -0.3 is 9.64 Å². The molecule has 1 saturated carbocycles. The van der Waals surface area contributed by atoms with Gasteiger partial charge in [-0.15, -0.1) is 0 Å². The van der Waals surface area contributed by atoms with Crippen LogP contribution >= 0.6 is 0 Å². The minimum Gasteiger partial charge on any atom is -0.468 e. The largest absolute Gasteiger partial charge is 0.468 e. The average molecular weight is 253 g/mol. The molecule has 1 amide bonds. The maximum atomic E-state index is 12.0. The third kappa shape index (κ3) is 3.24. The number of piperidine rings is 1. The summed E-state index contributed by atoms with van der Waals surface area (Å²) in [6.45, 7) is 0.835. The summed E-state index contributed by atoms with van der Waals surface area (Å²) in [5, 5.41) is 0. The summed E-state index contributed by atoms with van der Waals surface area (Å²) in [5.74, 6) is 1.09. The molecule has 0 radical (unpaired) electrons. The Morgan fingerprint density at radius 1 is 1.22 bits per heavy atom. The van der Waals surface area contributed by atoms with Gasteiger partial charge in [-0.25, -0.2) is 0 Å². The number of hydrogen-bond acceptors (Lipinski definition) is 3. The van der Waals surface area contributed by atoms with E-state index < -0.39 is 0 Å². The van der Waals surface area contributed by atoms with Gasteiger partial charge in [0.1, 0.15) is 6.54 Å². The molecule has 1 heterocycles. The molecule has 1 saturated heterocycles. The van der Waals surface area contributed by atoms with Crippen LogP contribution in [0.4, 0.5) is 0 Å². The molecule has 1 aliphatic heterocycles. The first-order valence-electron chi connectivity index (χ1n) is 7.05. The highest BCUT2D eigenvalue weighted by Gasteiger charge is 2.32. The lowest BCUT2D eigenvalue weighted by atomic mass is 9.75. The van der Waals surface area contributed by atoms with E-state index in [9.17, 15) is 9.59 Å². The second kappa shape index (κ2) is 6.21. The lowest BCUT2D eigenvalue weighted by molar-refractivity contribution is -0.149. The molecule has 1 unspecified atom stereocenters. The summed E-state index contributed by atoms with van der Waals surface area (Å²) < 4.78 is 4.61. The zero-order valence-corrected chi connectivity index (χ0v) is 11.2. The lowest BCUT2D eigenvalue weighted by Crippen LogP contribution is -2.43. The molecule has 0 spiro atoms. The van der Waals surface area contributed by atoms with Gasteiger partial charge in [-0.3, -0.25) is 9.59 Å². The van der Waals surface area contributed by atoms with Crippen molar-refractivity contribution in [2.75, 3.05) is 20.2 Å². The maximum absolute atomic E-state index is 12.0. The van der Waals surface area contributed by atoms with Crippen molar-refractivity contribution in [1.29, 1.82) is 0 Å². The van der Waals surface area contributed by atoms with Crippen LogP contribution in [0.5, 0.6) is 0 Å². The fourth-order valence-corrected chi connectivity index (χ4v) is 3.30. The van der Waals surface area contributed by atoms with Crippen LogP contribution in [0.1, 0.15) is 44.9 Å². The molecule has 4 nitrogen and oxygen atoms in total. The third-order valence-corrected chi connectivity index (χ3v) is 4.42. The smallest absolute Gasteiger partial charge is 0.325 e. The van der Waals surface area contributed by atoms with Crippen LogP contribution in [-0.2, 0) is 14.3 Å². The number of rotatable bonds is 3. The summed E-state index contributed by atoms with van der Waals surface area (Å²) in [6.07, 6.45) is 8.24. The van der Waals surface area contributed by atoms with Gasteiger partial charge in [0.05, 0.1) is 7.11 Å². The molecular weight excluding hydrogens is 230 g/mol. The van der Waals surface area contributed by atoms with Crippen LogP contribution in [0.2, 0.25) is 0 Å². The van der Waals surface area contributed by atoms with Gasteiger partial charge in [0.25, 0.3) is 0 Å². The Bertz CT molecular complexity index is 310. The number of esters is 1. The standard InChI is InChI=1S/C14H23NO3/c1-18-14(17)10-15-8-7-12(9-13(15)16)11-5-3-2-4-6-11/h11-12H,2-10H2,1H3. The molecule has 1 aliphatic carbocycles. The Balaban J connectivity index is 1.83. The number of likely N-dealkylation sites (tertiary alicyclic amines) is 1. The van der Waals surface area contributed by atoms with E-state index in [1.807, 2.05) is 0 Å². The SMILES string of the molecule is COC(=O)CN1CCC(C2CCCCC2)CC1=O. The third-order valence-electron chi connectivity index (χ3n) is 4.42. The normalized spacial score (nSPS) is 26.2. The molecule has 2 rings (SSSR count). The first-order valence-corrected chi connectivity index (χ1v) is 7.05. The fraction of sp³-hybridized carbons (Fsp3) is 0.857. The molecule has 0 aromatic heterocycles. The van der Waals surface area contributed by atoms with Gasteiger partial charge in [0.15, 0.2) is 0 Å². The predicted octanol–water partition coefficient (Wildman–Crippen LogP) is 1.98. The Kier molecular flexibility index (Phi) is 4.61. The van der Waals surface area contributed by atoms with E-state index >= 15 is 0 Å². The number of carbonyl (C=O) groups is 2. The molecule has 18 heavy (non-hydrogen) atoms. The highest BCUT2D eigenvalue weighted by Crippen LogP contribution is 2.35. The summed E-state index contributed by atoms with van der Waals surface area (Å²) in [4.78, 5) is 24.9. The quantitative estimate of drug-likeness (QED) is 0.722. The summed E-state index contributed by atoms with van der Waals surface area (Å²) >= 11 is 0. The van der Waals surface area contributed by atoms with Crippen LogP contribution in [-0.4, -0.2) is 37.0 Å². The first-order chi connectivity index (χ1) is 8.70. The Hall–Kier alpha value is -1.06. The highest BCUT2D eigenvalue weighted by molar-refractivity contribution is 5.82. The van der Waals surface area contributed by atoms with E-state index in [1.54, 1.807) is 4.90 Å². The van der Waals surface area contributed by atoms with E-state index in [1.165, 1.54) is 39.2 Å². The molecule has 0 bridgehead atoms. The number of ether oxygens (including phenoxy) is 1. The average Bonchev–Trinajstić information content (AvgIpc) is 2.42. The lowest BCUT2D eigenvalue weighted by Gasteiger charge is -2.36. The molecule has 102 valence electrons. The van der Waals surface area contributed by atoms with Crippen molar-refractivity contribution in [3.05, 3.63) is 0 Å². The van der Waals surface area contributed by atoms with Gasteiger partial charge >= 0.3 is 5.97 Å². The molecule has 2 aliphatic rings. The van der Waals surface area contributed by atoms with Crippen molar-refractivity contribution in [3.63, 3.8) is 0 Å². The van der Waals surface area contributed by atoms with Crippen LogP contribution in [0.15, 0.2) is 0 Å². The van der Waals surface area contributed by atoms with Crippen LogP contribution in [0.25, 0.3) is 0 Å². The van der Waals surface area contributed by atoms with Crippen molar-refractivity contribution in [2.45, 2.75) is 44.9 Å². The van der Waals surface area contributed by atoms with E-state index in [4.69, 9.17) is 0 Å². The fourth-order valence-electron chi connectivity index (χ4n) is 3.30. The summed E-state index contributed by atoms with van der Waals surface area (Å²) in [7, 11) is 1.36. The summed E-state index contributed by atoms with van der Waals surface area (Å²) in [5.41, 5.74) is 0. The number of methoxy groups -OCH3 is 1. The second-order valence-electron chi connectivity index (χ2n) is 5.54. The monoisotopic (exact) mass is 253 g/mol. The summed E-state index contributed by atoms with van der Waals surface area (Å²) in [6, 6.07) is 0. The van der Waals surface area contributed by atoms with Gasteiger partial charge in [0, 0.05) is 13.0 Å². The Labute approximate surface area is 109 Å². The number of nitrogens with zero attached hydrogens (tertiary/aromatic N) is 1. The molecular formula is C14H23NO3. The van der Waals surface area contributed by atoms with E-state index in [-0.39, 0.29) is 18.4 Å². The van der Waals surface area contributed by atoms with Crippen molar-refractivity contribution < 1.29 is 14.3 Å². The number of hydrogen-bond donors (Lipinski definition) is 0. The van der Waals surface area contributed by atoms with Gasteiger partial charge in [-0.1, -0.05) is 32.1 Å². The Morgan fingerprint density at radius 3 is 2.56 bits per heavy atom. The van der Waals surface area contributed by atoms with Crippen LogP contribution in [0.3, 0.4) is 0 Å². The maximum Gasteiger partial charge on any atom is 0.325 e. The minimum absolute atomic E-state index is 0.118. The molecule has 0 N–H and O–H groups in total. The van der Waals surface area contributed by atoms with Gasteiger partial charge in [-0.05, 0) is 18.3 Å². The van der Waals surface area contributed by atoms with E-state index in [0.717, 1.165) is 18.9 Å². The number of carbonyl (C=O) groups excluding carboxylic acids is 2. The van der Waals surface area contributed by atoms with E-state index in [2.05, 4.69) is 4.74 Å². The second-order valence-corrected chi connectivity index (χ2v) is 5.54. The van der Waals surface area contributed by atoms with Crippen molar-refractivity contribution in [2.24, 2.45) is 11.8 Å². The van der Waals surface area contributed by atoms with Crippen LogP contribution in [0, 0.1) is 11.8 Å². The van der Waals surface area contributed by atoms with Gasteiger partial charge in [-0.2, -0.15) is 0 Å². The van der Waals surface area contributed by atoms with Crippen molar-refractivity contribution >= 4 is 11.9 Å².